The van der Waals surface area contributed by atoms with E-state index < -0.39 is 12.6 Å². The van der Waals surface area contributed by atoms with Crippen LogP contribution in [0.2, 0.25) is 0 Å². The molecule has 122 valence electrons. The van der Waals surface area contributed by atoms with Crippen LogP contribution in [0.5, 0.6) is 0 Å². The van der Waals surface area contributed by atoms with Crippen molar-refractivity contribution in [3.8, 4) is 0 Å². The van der Waals surface area contributed by atoms with Crippen molar-refractivity contribution in [1.82, 2.24) is 15.6 Å². The van der Waals surface area contributed by atoms with Crippen molar-refractivity contribution >= 4 is 41.3 Å². The summed E-state index contributed by atoms with van der Waals surface area (Å²) < 4.78 is 36.1. The van der Waals surface area contributed by atoms with Gasteiger partial charge < -0.3 is 10.6 Å². The molecule has 0 aliphatic rings. The van der Waals surface area contributed by atoms with Crippen LogP contribution in [0.15, 0.2) is 4.99 Å². The summed E-state index contributed by atoms with van der Waals surface area (Å²) in [6.45, 7) is 4.33. The third-order valence-electron chi connectivity index (χ3n) is 2.57. The summed E-state index contributed by atoms with van der Waals surface area (Å²) in [6, 6.07) is 0. The maximum Gasteiger partial charge on any atom is 0.390 e. The van der Waals surface area contributed by atoms with Crippen molar-refractivity contribution in [3.63, 3.8) is 0 Å². The Labute approximate surface area is 143 Å². The summed E-state index contributed by atoms with van der Waals surface area (Å²) in [6.07, 6.45) is -4.25. The van der Waals surface area contributed by atoms with Gasteiger partial charge in [-0.25, -0.2) is 4.98 Å². The van der Waals surface area contributed by atoms with E-state index in [4.69, 9.17) is 0 Å². The van der Waals surface area contributed by atoms with E-state index >= 15 is 0 Å². The molecule has 0 spiro atoms. The van der Waals surface area contributed by atoms with Crippen molar-refractivity contribution in [2.24, 2.45) is 4.99 Å². The van der Waals surface area contributed by atoms with Gasteiger partial charge >= 0.3 is 6.18 Å². The summed E-state index contributed by atoms with van der Waals surface area (Å²) >= 11 is 1.63. The third-order valence-corrected chi connectivity index (χ3v) is 3.70. The maximum atomic E-state index is 12.0. The monoisotopic (exact) mass is 436 g/mol. The number of thiazole rings is 1. The number of halogens is 4. The van der Waals surface area contributed by atoms with Crippen LogP contribution in [0.1, 0.15) is 22.0 Å². The quantitative estimate of drug-likeness (QED) is 0.424. The lowest BCUT2D eigenvalue weighted by Gasteiger charge is -2.12. The lowest BCUT2D eigenvalue weighted by molar-refractivity contribution is -0.132. The van der Waals surface area contributed by atoms with Crippen LogP contribution in [0.3, 0.4) is 0 Å². The van der Waals surface area contributed by atoms with Gasteiger partial charge in [0.15, 0.2) is 5.96 Å². The molecule has 1 rings (SSSR count). The molecule has 1 heterocycles. The van der Waals surface area contributed by atoms with Crippen molar-refractivity contribution in [2.75, 3.05) is 20.1 Å². The summed E-state index contributed by atoms with van der Waals surface area (Å²) in [4.78, 5) is 9.39. The largest absolute Gasteiger partial charge is 0.390 e. The van der Waals surface area contributed by atoms with Crippen LogP contribution < -0.4 is 10.6 Å². The minimum atomic E-state index is -4.15. The number of hydrogen-bond acceptors (Lipinski definition) is 3. The van der Waals surface area contributed by atoms with Gasteiger partial charge in [0.2, 0.25) is 0 Å². The Morgan fingerprint density at radius 1 is 1.24 bits per heavy atom. The molecular weight excluding hydrogens is 416 g/mol. The van der Waals surface area contributed by atoms with Gasteiger partial charge in [0.1, 0.15) is 0 Å². The molecule has 1 aromatic heterocycles. The van der Waals surface area contributed by atoms with Crippen LogP contribution >= 0.6 is 35.3 Å². The van der Waals surface area contributed by atoms with Crippen LogP contribution in [-0.4, -0.2) is 37.3 Å². The molecule has 1 aromatic rings. The topological polar surface area (TPSA) is 49.3 Å². The Morgan fingerprint density at radius 2 is 1.86 bits per heavy atom. The predicted octanol–water partition coefficient (Wildman–Crippen LogP) is 3.04. The van der Waals surface area contributed by atoms with Crippen molar-refractivity contribution in [3.05, 3.63) is 15.6 Å². The highest BCUT2D eigenvalue weighted by Crippen LogP contribution is 2.18. The zero-order valence-electron chi connectivity index (χ0n) is 12.2. The number of aryl methyl sites for hydroxylation is 2. The number of aliphatic imine (C=N–C) groups is 1. The molecule has 0 fully saturated rings. The molecule has 0 saturated carbocycles. The fourth-order valence-electron chi connectivity index (χ4n) is 1.64. The molecule has 21 heavy (non-hydrogen) atoms. The van der Waals surface area contributed by atoms with Gasteiger partial charge in [0.05, 0.1) is 17.1 Å². The van der Waals surface area contributed by atoms with E-state index in [1.54, 1.807) is 11.3 Å². The van der Waals surface area contributed by atoms with Gasteiger partial charge in [-0.2, -0.15) is 13.2 Å². The molecule has 0 bridgehead atoms. The first-order valence-corrected chi connectivity index (χ1v) is 7.07. The van der Waals surface area contributed by atoms with Crippen molar-refractivity contribution in [2.45, 2.75) is 32.9 Å². The number of hydrogen-bond donors (Lipinski definition) is 2. The highest BCUT2D eigenvalue weighted by atomic mass is 127. The van der Waals surface area contributed by atoms with Gasteiger partial charge in [0, 0.05) is 31.4 Å². The van der Waals surface area contributed by atoms with Gasteiger partial charge in [-0.05, 0) is 13.8 Å². The van der Waals surface area contributed by atoms with Gasteiger partial charge in [-0.15, -0.1) is 35.3 Å². The van der Waals surface area contributed by atoms with Gasteiger partial charge in [0.25, 0.3) is 0 Å². The molecule has 4 nitrogen and oxygen atoms in total. The van der Waals surface area contributed by atoms with Crippen LogP contribution in [0.25, 0.3) is 0 Å². The summed E-state index contributed by atoms with van der Waals surface area (Å²) in [5.41, 5.74) is 1.01. The number of aromatic nitrogens is 1. The zero-order chi connectivity index (χ0) is 15.2. The maximum absolute atomic E-state index is 12.0. The fraction of sp³-hybridized carbons (Fsp3) is 0.667. The molecule has 0 atom stereocenters. The first kappa shape index (κ1) is 20.4. The second-order valence-electron chi connectivity index (χ2n) is 4.28. The first-order chi connectivity index (χ1) is 9.31. The molecule has 0 unspecified atom stereocenters. The highest BCUT2D eigenvalue weighted by molar-refractivity contribution is 14.0. The molecule has 0 aliphatic carbocycles. The first-order valence-electron chi connectivity index (χ1n) is 6.26. The van der Waals surface area contributed by atoms with E-state index in [0.717, 1.165) is 17.1 Å². The van der Waals surface area contributed by atoms with E-state index in [2.05, 4.69) is 20.6 Å². The van der Waals surface area contributed by atoms with Crippen LogP contribution in [-0.2, 0) is 6.42 Å². The molecular formula is C12H20F3IN4S. The number of guanidine groups is 1. The molecule has 2 N–H and O–H groups in total. The summed E-state index contributed by atoms with van der Waals surface area (Å²) in [7, 11) is 1.53. The summed E-state index contributed by atoms with van der Waals surface area (Å²) in [5, 5.41) is 6.65. The van der Waals surface area contributed by atoms with Gasteiger partial charge in [-0.3, -0.25) is 4.99 Å². The lowest BCUT2D eigenvalue weighted by Crippen LogP contribution is -2.39. The van der Waals surface area contributed by atoms with Crippen LogP contribution in [0, 0.1) is 13.8 Å². The van der Waals surface area contributed by atoms with Crippen LogP contribution in [0.4, 0.5) is 13.2 Å². The Morgan fingerprint density at radius 3 is 2.33 bits per heavy atom. The number of rotatable bonds is 5. The zero-order valence-corrected chi connectivity index (χ0v) is 15.3. The van der Waals surface area contributed by atoms with Crippen molar-refractivity contribution < 1.29 is 13.2 Å². The Kier molecular flexibility index (Phi) is 9.18. The SMILES string of the molecule is CN=C(NCCc1sc(C)nc1C)NCCC(F)(F)F.I. The Bertz CT molecular complexity index is 460. The summed E-state index contributed by atoms with van der Waals surface area (Å²) in [5.74, 6) is 0.383. The highest BCUT2D eigenvalue weighted by Gasteiger charge is 2.26. The molecule has 0 radical (unpaired) electrons. The van der Waals surface area contributed by atoms with E-state index in [0.29, 0.717) is 12.5 Å². The Hall–Kier alpha value is -0.580. The smallest absolute Gasteiger partial charge is 0.356 e. The molecule has 0 aliphatic heterocycles. The van der Waals surface area contributed by atoms with E-state index in [-0.39, 0.29) is 30.5 Å². The second kappa shape index (κ2) is 9.44. The van der Waals surface area contributed by atoms with Gasteiger partial charge in [-0.1, -0.05) is 0 Å². The van der Waals surface area contributed by atoms with E-state index in [9.17, 15) is 13.2 Å². The lowest BCUT2D eigenvalue weighted by atomic mass is 10.3. The fourth-order valence-corrected chi connectivity index (χ4v) is 2.58. The molecule has 0 amide bonds. The minimum absolute atomic E-state index is 0. The predicted molar refractivity (Wildman–Crippen MR) is 90.7 cm³/mol. The molecule has 0 saturated heterocycles. The number of nitrogens with one attached hydrogen (secondary N) is 2. The third kappa shape index (κ3) is 8.44. The molecule has 9 heteroatoms. The second-order valence-corrected chi connectivity index (χ2v) is 5.57. The van der Waals surface area contributed by atoms with Crippen molar-refractivity contribution in [1.29, 1.82) is 0 Å². The standard InChI is InChI=1S/C12H19F3N4S.HI/c1-8-10(20-9(2)19-8)4-6-17-11(16-3)18-7-5-12(13,14)15;/h4-7H2,1-3H3,(H2,16,17,18);1H. The minimum Gasteiger partial charge on any atom is -0.356 e. The Balaban J connectivity index is 0.00000400. The average molecular weight is 436 g/mol. The number of nitrogens with zero attached hydrogens (tertiary/aromatic N) is 2. The molecule has 0 aromatic carbocycles. The van der Waals surface area contributed by atoms with E-state index in [1.807, 2.05) is 13.8 Å². The van der Waals surface area contributed by atoms with E-state index in [1.165, 1.54) is 11.9 Å². The average Bonchev–Trinajstić information content (AvgIpc) is 2.64. The normalized spacial score (nSPS) is 12.0. The number of alkyl halides is 3.